The maximum absolute atomic E-state index is 15.4. The molecule has 1 heterocycles. The van der Waals surface area contributed by atoms with Gasteiger partial charge in [0.05, 0.1) is 0 Å². The van der Waals surface area contributed by atoms with Crippen molar-refractivity contribution in [2.45, 2.75) is 44.4 Å². The molecule has 0 aliphatic heterocycles. The molecule has 5 nitrogen and oxygen atoms in total. The highest BCUT2D eigenvalue weighted by Crippen LogP contribution is 2.50. The maximum atomic E-state index is 15.4. The maximum Gasteiger partial charge on any atom is 0.324 e. The quantitative estimate of drug-likeness (QED) is 0.214. The lowest BCUT2D eigenvalue weighted by Crippen LogP contribution is -2.23. The lowest BCUT2D eigenvalue weighted by molar-refractivity contribution is 0.262. The highest BCUT2D eigenvalue weighted by molar-refractivity contribution is 7.14. The Morgan fingerprint density at radius 3 is 2.58 bits per heavy atom. The van der Waals surface area contributed by atoms with Gasteiger partial charge in [0.15, 0.2) is 4.47 Å². The summed E-state index contributed by atoms with van der Waals surface area (Å²) in [6.45, 7) is 4.16. The molecule has 0 fully saturated rings. The molecule has 4 aromatic rings. The van der Waals surface area contributed by atoms with Crippen LogP contribution in [0.2, 0.25) is 9.49 Å². The van der Waals surface area contributed by atoms with Gasteiger partial charge in [-0.1, -0.05) is 67.4 Å². The van der Waals surface area contributed by atoms with Crippen LogP contribution in [0, 0.1) is 5.82 Å². The third-order valence-electron chi connectivity index (χ3n) is 7.04. The van der Waals surface area contributed by atoms with E-state index in [2.05, 4.69) is 29.5 Å². The number of halogens is 3. The summed E-state index contributed by atoms with van der Waals surface area (Å²) in [5.74, 6) is -0.0657. The first-order chi connectivity index (χ1) is 18.1. The van der Waals surface area contributed by atoms with Gasteiger partial charge in [-0.2, -0.15) is 0 Å². The van der Waals surface area contributed by atoms with Gasteiger partial charge in [-0.05, 0) is 71.0 Å². The van der Waals surface area contributed by atoms with Crippen molar-refractivity contribution in [2.75, 3.05) is 10.6 Å². The number of rotatable bonds is 4. The lowest BCUT2D eigenvalue weighted by atomic mass is 9.73. The normalized spacial score (nSPS) is 16.4. The third-order valence-corrected chi connectivity index (χ3v) is 8.27. The fraction of sp³-hybridized carbons (Fsp3) is 0.241. The molecule has 3 N–H and O–H groups in total. The highest BCUT2D eigenvalue weighted by Gasteiger charge is 2.37. The number of aromatic hydroxyl groups is 1. The summed E-state index contributed by atoms with van der Waals surface area (Å²) in [5, 5.41) is 18.7. The summed E-state index contributed by atoms with van der Waals surface area (Å²) < 4.78 is 15.8. The minimum absolute atomic E-state index is 0.0309. The number of carbonyl (C=O) groups excluding carboxylic acids is 1. The average Bonchev–Trinajstić information content (AvgIpc) is 3.20. The molecule has 9 heteroatoms. The number of para-hydroxylation sites is 1. The molecular formula is C29H26Cl2FN3O2S. The highest BCUT2D eigenvalue weighted by atomic mass is 35.5. The van der Waals surface area contributed by atoms with Crippen molar-refractivity contribution in [1.29, 1.82) is 0 Å². The second kappa shape index (κ2) is 10.6. The molecule has 1 aliphatic carbocycles. The second-order valence-electron chi connectivity index (χ2n) is 10.1. The van der Waals surface area contributed by atoms with Gasteiger partial charge >= 0.3 is 6.03 Å². The van der Waals surface area contributed by atoms with E-state index in [-0.39, 0.29) is 11.7 Å². The Morgan fingerprint density at radius 2 is 1.87 bits per heavy atom. The number of aromatic nitrogens is 1. The van der Waals surface area contributed by atoms with Crippen LogP contribution < -0.4 is 10.6 Å². The van der Waals surface area contributed by atoms with Gasteiger partial charge in [-0.3, -0.25) is 5.32 Å². The summed E-state index contributed by atoms with van der Waals surface area (Å²) in [5.41, 5.74) is 3.95. The lowest BCUT2D eigenvalue weighted by Gasteiger charge is -2.32. The third kappa shape index (κ3) is 5.37. The first-order valence-corrected chi connectivity index (χ1v) is 13.8. The Morgan fingerprint density at radius 1 is 1.13 bits per heavy atom. The molecule has 2 amide bonds. The van der Waals surface area contributed by atoms with Gasteiger partial charge in [0.2, 0.25) is 0 Å². The zero-order valence-corrected chi connectivity index (χ0v) is 23.1. The van der Waals surface area contributed by atoms with Crippen molar-refractivity contribution < 1.29 is 14.3 Å². The van der Waals surface area contributed by atoms with Crippen LogP contribution in [-0.2, 0) is 11.8 Å². The van der Waals surface area contributed by atoms with Crippen LogP contribution in [0.25, 0.3) is 11.1 Å². The second-order valence-corrected chi connectivity index (χ2v) is 12.0. The molecular weight excluding hydrogens is 544 g/mol. The number of fused-ring (bicyclic) bond motifs is 1. The summed E-state index contributed by atoms with van der Waals surface area (Å²) >= 11 is 13.2. The number of carbonyl (C=O) groups is 1. The fourth-order valence-electron chi connectivity index (χ4n) is 5.53. The molecule has 1 aromatic heterocycles. The number of phenolic OH excluding ortho intramolecular Hbond substituents is 1. The number of hydrogen-bond donors (Lipinski definition) is 3. The van der Waals surface area contributed by atoms with E-state index in [1.807, 2.05) is 36.4 Å². The Bertz CT molecular complexity index is 1500. The van der Waals surface area contributed by atoms with Crippen LogP contribution in [0.1, 0.15) is 49.3 Å². The van der Waals surface area contributed by atoms with Gasteiger partial charge < -0.3 is 10.4 Å². The smallest absolute Gasteiger partial charge is 0.324 e. The van der Waals surface area contributed by atoms with Crippen molar-refractivity contribution in [2.24, 2.45) is 0 Å². The molecule has 1 atom stereocenters. The first-order valence-electron chi connectivity index (χ1n) is 12.2. The summed E-state index contributed by atoms with van der Waals surface area (Å²) in [6, 6.07) is 15.6. The Hall–Kier alpha value is -3.13. The molecule has 0 saturated carbocycles. The number of thiazole rings is 1. The predicted octanol–water partition coefficient (Wildman–Crippen LogP) is 9.00. The van der Waals surface area contributed by atoms with Crippen molar-refractivity contribution in [3.63, 3.8) is 0 Å². The minimum atomic E-state index is -0.488. The molecule has 1 aliphatic rings. The van der Waals surface area contributed by atoms with Crippen LogP contribution in [0.3, 0.4) is 0 Å². The molecule has 196 valence electrons. The fourth-order valence-corrected chi connectivity index (χ4v) is 6.35. The van der Waals surface area contributed by atoms with Crippen LogP contribution in [0.15, 0.2) is 60.0 Å². The van der Waals surface area contributed by atoms with Crippen molar-refractivity contribution in [3.05, 3.63) is 92.0 Å². The molecule has 1 unspecified atom stereocenters. The Labute approximate surface area is 234 Å². The number of phenols is 1. The number of anilines is 2. The average molecular weight is 571 g/mol. The van der Waals surface area contributed by atoms with Crippen molar-refractivity contribution in [3.8, 4) is 16.9 Å². The Kier molecular flexibility index (Phi) is 7.36. The number of urea groups is 1. The van der Waals surface area contributed by atoms with Gasteiger partial charge in [-0.25, -0.2) is 14.2 Å². The van der Waals surface area contributed by atoms with E-state index >= 15 is 4.39 Å². The standard InChI is InChI=1S/C29H26Cl2FN3O2S/c1-29(2)14-17(19-5-3-4-6-22(19)33-28(37)35-24-15-38-27(31)34-24)9-12-20-23(36)13-21(32)25(26(20)29)16-7-10-18(30)11-8-16/h3-8,10-11,13,15,17,36H,9,12,14H2,1-2H3,(H2,33,35,37). The van der Waals surface area contributed by atoms with Gasteiger partial charge in [0.25, 0.3) is 0 Å². The minimum Gasteiger partial charge on any atom is -0.508 e. The van der Waals surface area contributed by atoms with Crippen molar-refractivity contribution in [1.82, 2.24) is 4.98 Å². The number of benzene rings is 3. The number of amides is 2. The summed E-state index contributed by atoms with van der Waals surface area (Å²) in [4.78, 5) is 16.8. The number of nitrogens with zero attached hydrogens (tertiary/aromatic N) is 1. The van der Waals surface area contributed by atoms with E-state index in [0.29, 0.717) is 39.4 Å². The monoisotopic (exact) mass is 569 g/mol. The SMILES string of the molecule is CC1(C)CC(c2ccccc2NC(=O)Nc2csc(Cl)n2)CCc2c(O)cc(F)c(-c3ccc(Cl)cc3)c21. The van der Waals surface area contributed by atoms with Crippen LogP contribution >= 0.6 is 34.5 Å². The molecule has 0 radical (unpaired) electrons. The molecule has 0 saturated heterocycles. The predicted molar refractivity (Wildman–Crippen MR) is 153 cm³/mol. The largest absolute Gasteiger partial charge is 0.508 e. The Balaban J connectivity index is 1.49. The molecule has 0 spiro atoms. The van der Waals surface area contributed by atoms with Gasteiger partial charge in [-0.15, -0.1) is 11.3 Å². The van der Waals surface area contributed by atoms with E-state index in [9.17, 15) is 9.90 Å². The van der Waals surface area contributed by atoms with E-state index < -0.39 is 17.3 Å². The molecule has 3 aromatic carbocycles. The van der Waals surface area contributed by atoms with E-state index in [0.717, 1.165) is 28.7 Å². The zero-order chi connectivity index (χ0) is 27.0. The number of nitrogens with one attached hydrogen (secondary N) is 2. The molecule has 5 rings (SSSR count). The van der Waals surface area contributed by atoms with Crippen LogP contribution in [0.4, 0.5) is 20.7 Å². The van der Waals surface area contributed by atoms with Crippen molar-refractivity contribution >= 4 is 52.1 Å². The van der Waals surface area contributed by atoms with Gasteiger partial charge in [0, 0.05) is 27.7 Å². The summed E-state index contributed by atoms with van der Waals surface area (Å²) in [6.07, 6.45) is 1.97. The van der Waals surface area contributed by atoms with E-state index in [1.54, 1.807) is 17.5 Å². The van der Waals surface area contributed by atoms with E-state index in [1.165, 1.54) is 17.4 Å². The molecule has 0 bridgehead atoms. The van der Waals surface area contributed by atoms with Gasteiger partial charge in [0.1, 0.15) is 17.4 Å². The van der Waals surface area contributed by atoms with Crippen LogP contribution in [0.5, 0.6) is 5.75 Å². The summed E-state index contributed by atoms with van der Waals surface area (Å²) in [7, 11) is 0. The first kappa shape index (κ1) is 26.5. The topological polar surface area (TPSA) is 74.2 Å². The zero-order valence-electron chi connectivity index (χ0n) is 20.8. The van der Waals surface area contributed by atoms with Crippen LogP contribution in [-0.4, -0.2) is 16.1 Å². The number of hydrogen-bond acceptors (Lipinski definition) is 4. The van der Waals surface area contributed by atoms with E-state index in [4.69, 9.17) is 23.2 Å². The molecule has 38 heavy (non-hydrogen) atoms.